The smallest absolute Gasteiger partial charge is 0.146 e. The van der Waals surface area contributed by atoms with E-state index >= 15 is 9.13 Å². The molecule has 3 aromatic carbocycles. The molecule has 0 saturated heterocycles. The molecule has 0 saturated carbocycles. The highest BCUT2D eigenvalue weighted by atomic mass is 31.2. The molecule has 0 amide bonds. The number of benzene rings is 3. The molecule has 0 spiro atoms. The Labute approximate surface area is 224 Å². The maximum atomic E-state index is 15.4. The molecule has 3 rings (SSSR count). The van der Waals surface area contributed by atoms with Crippen LogP contribution < -0.4 is 15.9 Å². The third-order valence-electron chi connectivity index (χ3n) is 7.32. The van der Waals surface area contributed by atoms with E-state index in [0.29, 0.717) is 0 Å². The van der Waals surface area contributed by atoms with Gasteiger partial charge in [0, 0.05) is 32.5 Å². The zero-order valence-electron chi connectivity index (χ0n) is 23.2. The minimum Gasteiger partial charge on any atom is -0.313 e. The number of aryl methyl sites for hydroxylation is 3. The van der Waals surface area contributed by atoms with Crippen molar-refractivity contribution < 1.29 is 9.13 Å². The highest BCUT2D eigenvalue weighted by Crippen LogP contribution is 2.64. The van der Waals surface area contributed by atoms with Gasteiger partial charge in [0.25, 0.3) is 0 Å². The summed E-state index contributed by atoms with van der Waals surface area (Å²) in [5, 5.41) is 3.15. The summed E-state index contributed by atoms with van der Waals surface area (Å²) in [5.41, 5.74) is 3.47. The molecule has 0 aliphatic carbocycles. The van der Waals surface area contributed by atoms with Gasteiger partial charge in [-0.2, -0.15) is 0 Å². The maximum absolute atomic E-state index is 15.4. The van der Waals surface area contributed by atoms with Gasteiger partial charge in [0.05, 0.1) is 0 Å². The van der Waals surface area contributed by atoms with Crippen molar-refractivity contribution in [2.75, 3.05) is 0 Å². The van der Waals surface area contributed by atoms with Crippen LogP contribution in [0.25, 0.3) is 0 Å². The molecule has 1 unspecified atom stereocenters. The molecule has 2 nitrogen and oxygen atoms in total. The molecule has 0 aliphatic heterocycles. The Morgan fingerprint density at radius 3 is 1.41 bits per heavy atom. The molecule has 0 fully saturated rings. The zero-order chi connectivity index (χ0) is 27.4. The molecule has 3 atom stereocenters. The zero-order valence-corrected chi connectivity index (χ0v) is 25.0. The first-order chi connectivity index (χ1) is 17.4. The minimum atomic E-state index is -3.20. The van der Waals surface area contributed by atoms with Gasteiger partial charge < -0.3 is 9.13 Å². The van der Waals surface area contributed by atoms with E-state index < -0.39 is 14.3 Å². The van der Waals surface area contributed by atoms with Crippen LogP contribution in [-0.2, 0) is 9.13 Å². The first kappa shape index (κ1) is 28.9. The predicted molar refractivity (Wildman–Crippen MR) is 164 cm³/mol. The molecule has 37 heavy (non-hydrogen) atoms. The summed E-state index contributed by atoms with van der Waals surface area (Å²) in [6.07, 6.45) is 5.77. The predicted octanol–water partition coefficient (Wildman–Crippen LogP) is 8.43. The van der Waals surface area contributed by atoms with Gasteiger partial charge in [-0.05, 0) is 34.6 Å². The third kappa shape index (κ3) is 5.93. The van der Waals surface area contributed by atoms with E-state index in [-0.39, 0.29) is 11.3 Å². The van der Waals surface area contributed by atoms with Crippen molar-refractivity contribution in [3.8, 4) is 0 Å². The SMILES string of the molecule is C=C(C)/C=C\C(=C/C)P(=O)(c1ccc(C)cc1)[C@H](C)[C@@H](C)P(=O)(c1ccc(C)cc1)c1ccc(C)cc1. The summed E-state index contributed by atoms with van der Waals surface area (Å²) in [7, 11) is -6.37. The number of rotatable bonds is 9. The van der Waals surface area contributed by atoms with Crippen molar-refractivity contribution in [2.24, 2.45) is 0 Å². The van der Waals surface area contributed by atoms with Crippen LogP contribution in [0, 0.1) is 20.8 Å². The quantitative estimate of drug-likeness (QED) is 0.206. The Bertz CT molecular complexity index is 1340. The highest BCUT2D eigenvalue weighted by molar-refractivity contribution is 7.82. The summed E-state index contributed by atoms with van der Waals surface area (Å²) in [5.74, 6) is 0. The Hall–Kier alpha value is -2.66. The van der Waals surface area contributed by atoms with Gasteiger partial charge in [-0.15, -0.1) is 0 Å². The Morgan fingerprint density at radius 2 is 1.05 bits per heavy atom. The first-order valence-corrected chi connectivity index (χ1v) is 16.4. The molecule has 4 heteroatoms. The molecule has 0 radical (unpaired) electrons. The van der Waals surface area contributed by atoms with Crippen LogP contribution >= 0.6 is 14.3 Å². The standard InChI is InChI=1S/C33H40O2P2/c1-9-30(17-10-24(2)3)36(34,31-18-11-25(4)12-19-31)28(7)29(8)37(35,32-20-13-26(5)14-21-32)33-22-15-27(6)16-23-33/h9-23,28-29H,2H2,1,3-8H3/b17-10-,30-9+/t28-,29-,36?/m1/s1. The third-order valence-corrected chi connectivity index (χ3v) is 15.1. The average molecular weight is 531 g/mol. The van der Waals surface area contributed by atoms with Crippen LogP contribution in [0.4, 0.5) is 0 Å². The van der Waals surface area contributed by atoms with E-state index in [4.69, 9.17) is 0 Å². The van der Waals surface area contributed by atoms with Crippen LogP contribution in [0.1, 0.15) is 44.4 Å². The summed E-state index contributed by atoms with van der Waals surface area (Å²) >= 11 is 0. The van der Waals surface area contributed by atoms with Crippen molar-refractivity contribution in [3.05, 3.63) is 125 Å². The summed E-state index contributed by atoms with van der Waals surface area (Å²) in [4.78, 5) is 0. The largest absolute Gasteiger partial charge is 0.313 e. The second-order valence-corrected chi connectivity index (χ2v) is 16.5. The monoisotopic (exact) mass is 530 g/mol. The Morgan fingerprint density at radius 1 is 0.676 bits per heavy atom. The van der Waals surface area contributed by atoms with Crippen molar-refractivity contribution in [2.45, 2.75) is 59.8 Å². The lowest BCUT2D eigenvalue weighted by Crippen LogP contribution is -2.33. The molecule has 3 aromatic rings. The van der Waals surface area contributed by atoms with Gasteiger partial charge in [0.2, 0.25) is 0 Å². The minimum absolute atomic E-state index is 0.377. The van der Waals surface area contributed by atoms with Gasteiger partial charge >= 0.3 is 0 Å². The van der Waals surface area contributed by atoms with Crippen molar-refractivity contribution in [3.63, 3.8) is 0 Å². The normalized spacial score (nSPS) is 15.8. The van der Waals surface area contributed by atoms with E-state index in [1.807, 2.05) is 139 Å². The van der Waals surface area contributed by atoms with Gasteiger partial charge in [0.1, 0.15) is 14.3 Å². The first-order valence-electron chi connectivity index (χ1n) is 12.9. The van der Waals surface area contributed by atoms with Crippen molar-refractivity contribution in [1.29, 1.82) is 0 Å². The summed E-state index contributed by atoms with van der Waals surface area (Å²) < 4.78 is 30.7. The second kappa shape index (κ2) is 11.8. The molecule has 0 aromatic heterocycles. The highest BCUT2D eigenvalue weighted by Gasteiger charge is 2.45. The van der Waals surface area contributed by atoms with Crippen molar-refractivity contribution >= 4 is 30.2 Å². The molecule has 0 heterocycles. The molecular weight excluding hydrogens is 490 g/mol. The van der Waals surface area contributed by atoms with Gasteiger partial charge in [-0.25, -0.2) is 0 Å². The number of allylic oxidation sites excluding steroid dienone is 5. The topological polar surface area (TPSA) is 34.1 Å². The molecular formula is C33H40O2P2. The van der Waals surface area contributed by atoms with Crippen LogP contribution in [0.2, 0.25) is 0 Å². The second-order valence-electron chi connectivity index (χ2n) is 10.2. The van der Waals surface area contributed by atoms with Gasteiger partial charge in [-0.1, -0.05) is 134 Å². The summed E-state index contributed by atoms with van der Waals surface area (Å²) in [6.45, 7) is 18.0. The lowest BCUT2D eigenvalue weighted by Gasteiger charge is -2.36. The fourth-order valence-electron chi connectivity index (χ4n) is 4.77. The van der Waals surface area contributed by atoms with E-state index in [0.717, 1.165) is 43.5 Å². The maximum Gasteiger partial charge on any atom is 0.146 e. The van der Waals surface area contributed by atoms with E-state index in [2.05, 4.69) is 6.58 Å². The molecule has 0 N–H and O–H groups in total. The summed E-state index contributed by atoms with van der Waals surface area (Å²) in [6, 6.07) is 23.9. The van der Waals surface area contributed by atoms with E-state index in [9.17, 15) is 0 Å². The van der Waals surface area contributed by atoms with Crippen molar-refractivity contribution in [1.82, 2.24) is 0 Å². The van der Waals surface area contributed by atoms with Crippen LogP contribution in [0.3, 0.4) is 0 Å². The van der Waals surface area contributed by atoms with Gasteiger partial charge in [-0.3, -0.25) is 0 Å². The molecule has 194 valence electrons. The Kier molecular flexibility index (Phi) is 9.22. The Balaban J connectivity index is 2.27. The fourth-order valence-corrected chi connectivity index (χ4v) is 12.0. The van der Waals surface area contributed by atoms with Crippen LogP contribution in [0.15, 0.2) is 108 Å². The lowest BCUT2D eigenvalue weighted by atomic mass is 10.2. The molecule has 0 bridgehead atoms. The van der Waals surface area contributed by atoms with Crippen LogP contribution in [0.5, 0.6) is 0 Å². The lowest BCUT2D eigenvalue weighted by molar-refractivity contribution is 0.564. The average Bonchev–Trinajstić information content (AvgIpc) is 2.88. The fraction of sp³-hybridized carbons (Fsp3) is 0.273. The van der Waals surface area contributed by atoms with E-state index in [1.165, 1.54) is 0 Å². The van der Waals surface area contributed by atoms with E-state index in [1.54, 1.807) is 0 Å². The number of hydrogen-bond acceptors (Lipinski definition) is 2. The molecule has 0 aliphatic rings. The van der Waals surface area contributed by atoms with Crippen LogP contribution in [-0.4, -0.2) is 11.3 Å². The number of hydrogen-bond donors (Lipinski definition) is 0. The van der Waals surface area contributed by atoms with Gasteiger partial charge in [0.15, 0.2) is 0 Å².